The Morgan fingerprint density at radius 2 is 1.69 bits per heavy atom. The van der Waals surface area contributed by atoms with Crippen molar-refractivity contribution in [1.29, 1.82) is 0 Å². The third-order valence-corrected chi connectivity index (χ3v) is 5.03. The van der Waals surface area contributed by atoms with E-state index >= 15 is 0 Å². The summed E-state index contributed by atoms with van der Waals surface area (Å²) in [6.45, 7) is 3.21. The van der Waals surface area contributed by atoms with Crippen molar-refractivity contribution in [2.75, 3.05) is 11.6 Å². The van der Waals surface area contributed by atoms with Crippen molar-refractivity contribution in [1.82, 2.24) is 0 Å². The molecule has 35 heavy (non-hydrogen) atoms. The molecular weight excluding hydrogens is 475 g/mol. The van der Waals surface area contributed by atoms with Crippen LogP contribution < -0.4 is 5.01 Å². The second-order valence-electron chi connectivity index (χ2n) is 7.28. The summed E-state index contributed by atoms with van der Waals surface area (Å²) in [6.07, 6.45) is 1.21. The number of carbonyl (C=O) groups excluding carboxylic acids is 2. The number of rotatable bonds is 5. The number of amides is 1. The minimum Gasteiger partial charge on any atom is -0.462 e. The molecule has 1 aliphatic heterocycles. The normalized spacial score (nSPS) is 14.6. The number of halogens is 5. The third-order valence-electron chi connectivity index (χ3n) is 5.03. The first-order valence-corrected chi connectivity index (χ1v) is 10.1. The van der Waals surface area contributed by atoms with Gasteiger partial charge in [-0.25, -0.2) is 26.7 Å². The van der Waals surface area contributed by atoms with Gasteiger partial charge in [0.1, 0.15) is 17.2 Å². The van der Waals surface area contributed by atoms with E-state index in [1.165, 1.54) is 19.1 Å². The highest BCUT2D eigenvalue weighted by Crippen LogP contribution is 2.34. The van der Waals surface area contributed by atoms with Crippen LogP contribution in [-0.2, 0) is 9.53 Å². The molecule has 180 valence electrons. The number of nitrogens with zero attached hydrogens (tertiary/aromatic N) is 2. The minimum atomic E-state index is -2.35. The van der Waals surface area contributed by atoms with Gasteiger partial charge in [0.2, 0.25) is 5.82 Å². The van der Waals surface area contributed by atoms with Crippen LogP contribution in [0.15, 0.2) is 51.5 Å². The van der Waals surface area contributed by atoms with E-state index in [-0.39, 0.29) is 28.7 Å². The summed E-state index contributed by atoms with van der Waals surface area (Å²) in [5.74, 6) is -12.3. The zero-order valence-electron chi connectivity index (χ0n) is 18.2. The van der Waals surface area contributed by atoms with Crippen LogP contribution in [0, 0.1) is 29.1 Å². The van der Waals surface area contributed by atoms with Crippen molar-refractivity contribution >= 4 is 29.4 Å². The summed E-state index contributed by atoms with van der Waals surface area (Å²) in [7, 11) is 0. The number of furan rings is 1. The highest BCUT2D eigenvalue weighted by Gasteiger charge is 2.37. The molecule has 6 nitrogen and oxygen atoms in total. The van der Waals surface area contributed by atoms with Crippen molar-refractivity contribution in [2.45, 2.75) is 13.8 Å². The number of hydrazone groups is 1. The molecule has 0 spiro atoms. The van der Waals surface area contributed by atoms with Gasteiger partial charge in [-0.05, 0) is 44.2 Å². The van der Waals surface area contributed by atoms with Gasteiger partial charge in [0, 0.05) is 5.56 Å². The zero-order chi connectivity index (χ0) is 25.4. The average molecular weight is 490 g/mol. The molecule has 0 unspecified atom stereocenters. The summed E-state index contributed by atoms with van der Waals surface area (Å²) in [5.41, 5.74) is -0.874. The highest BCUT2D eigenvalue weighted by molar-refractivity contribution is 6.32. The number of esters is 1. The minimum absolute atomic E-state index is 0.0406. The molecule has 1 aromatic heterocycles. The Kier molecular flexibility index (Phi) is 6.25. The van der Waals surface area contributed by atoms with E-state index in [1.807, 2.05) is 0 Å². The van der Waals surface area contributed by atoms with Crippen LogP contribution in [-0.4, -0.2) is 24.2 Å². The number of hydrogen-bond acceptors (Lipinski definition) is 5. The lowest BCUT2D eigenvalue weighted by atomic mass is 10.1. The van der Waals surface area contributed by atoms with E-state index in [0.29, 0.717) is 16.9 Å². The van der Waals surface area contributed by atoms with Crippen molar-refractivity contribution in [3.8, 4) is 11.3 Å². The molecule has 11 heteroatoms. The van der Waals surface area contributed by atoms with Crippen LogP contribution in [0.3, 0.4) is 0 Å². The first-order valence-electron chi connectivity index (χ1n) is 10.1. The van der Waals surface area contributed by atoms with Gasteiger partial charge in [0.15, 0.2) is 23.3 Å². The number of hydrogen-bond donors (Lipinski definition) is 0. The van der Waals surface area contributed by atoms with E-state index in [2.05, 4.69) is 5.10 Å². The molecule has 0 saturated heterocycles. The quantitative estimate of drug-likeness (QED) is 0.153. The van der Waals surface area contributed by atoms with Gasteiger partial charge in [0.05, 0.1) is 23.5 Å². The van der Waals surface area contributed by atoms with Crippen LogP contribution in [0.25, 0.3) is 17.4 Å². The molecule has 0 atom stereocenters. The van der Waals surface area contributed by atoms with Crippen molar-refractivity contribution in [3.63, 3.8) is 0 Å². The van der Waals surface area contributed by atoms with Gasteiger partial charge in [-0.1, -0.05) is 12.1 Å². The smallest absolute Gasteiger partial charge is 0.338 e. The van der Waals surface area contributed by atoms with E-state index in [9.17, 15) is 31.5 Å². The molecule has 3 aromatic rings. The van der Waals surface area contributed by atoms with E-state index in [0.717, 1.165) is 0 Å². The predicted octanol–water partition coefficient (Wildman–Crippen LogP) is 5.62. The first-order chi connectivity index (χ1) is 16.6. The second kappa shape index (κ2) is 9.16. The average Bonchev–Trinajstić information content (AvgIpc) is 3.42. The Hall–Kier alpha value is -4.28. The highest BCUT2D eigenvalue weighted by atomic mass is 19.2. The van der Waals surface area contributed by atoms with Crippen LogP contribution >= 0.6 is 0 Å². The van der Waals surface area contributed by atoms with Crippen LogP contribution in [0.5, 0.6) is 0 Å². The first kappa shape index (κ1) is 23.9. The van der Waals surface area contributed by atoms with Gasteiger partial charge in [0.25, 0.3) is 5.91 Å². The molecule has 4 rings (SSSR count). The molecule has 0 saturated carbocycles. The fourth-order valence-electron chi connectivity index (χ4n) is 3.36. The molecule has 0 N–H and O–H groups in total. The van der Waals surface area contributed by atoms with E-state index in [4.69, 9.17) is 9.15 Å². The Labute approximate surface area is 194 Å². The molecule has 0 fully saturated rings. The summed E-state index contributed by atoms with van der Waals surface area (Å²) in [4.78, 5) is 24.7. The van der Waals surface area contributed by atoms with Gasteiger partial charge < -0.3 is 9.15 Å². The van der Waals surface area contributed by atoms with Crippen molar-refractivity contribution in [3.05, 3.63) is 82.4 Å². The Balaban J connectivity index is 1.65. The lowest BCUT2D eigenvalue weighted by Crippen LogP contribution is -2.25. The molecule has 2 heterocycles. The number of ether oxygens (including phenoxy) is 1. The Bertz CT molecular complexity index is 1400. The fourth-order valence-corrected chi connectivity index (χ4v) is 3.36. The standard InChI is InChI=1S/C24H15F5N2O4/c1-3-34-24(33)13-6-4-5-12(9-13)16-8-7-14(35-16)10-15-11(2)30-31(23(15)32)22-20(28)18(26)17(25)19(27)21(22)29/h4-10H,3H2,1-2H3/b15-10-. The van der Waals surface area contributed by atoms with Gasteiger partial charge in [-0.2, -0.15) is 10.1 Å². The monoisotopic (exact) mass is 490 g/mol. The SMILES string of the molecule is CCOC(=O)c1cccc(-c2ccc(/C=C3\C(=O)N(c4c(F)c(F)c(F)c(F)c4F)N=C3C)o2)c1. The lowest BCUT2D eigenvalue weighted by molar-refractivity contribution is -0.114. The van der Waals surface area contributed by atoms with Crippen molar-refractivity contribution < 1.29 is 40.7 Å². The largest absolute Gasteiger partial charge is 0.462 e. The molecule has 1 aliphatic rings. The zero-order valence-corrected chi connectivity index (χ0v) is 18.2. The summed E-state index contributed by atoms with van der Waals surface area (Å²) < 4.78 is 79.6. The maximum atomic E-state index is 14.2. The molecule has 0 bridgehead atoms. The van der Waals surface area contributed by atoms with Crippen LogP contribution in [0.4, 0.5) is 27.6 Å². The molecule has 0 aliphatic carbocycles. The van der Waals surface area contributed by atoms with Crippen LogP contribution in [0.2, 0.25) is 0 Å². The number of anilines is 1. The van der Waals surface area contributed by atoms with Gasteiger partial charge in [-0.15, -0.1) is 0 Å². The Morgan fingerprint density at radius 1 is 1.03 bits per heavy atom. The molecule has 0 radical (unpaired) electrons. The summed E-state index contributed by atoms with van der Waals surface area (Å²) in [5, 5.41) is 3.78. The number of carbonyl (C=O) groups is 2. The lowest BCUT2D eigenvalue weighted by Gasteiger charge is -2.14. The van der Waals surface area contributed by atoms with Crippen LogP contribution in [0.1, 0.15) is 30.0 Å². The molecule has 1 amide bonds. The van der Waals surface area contributed by atoms with Gasteiger partial charge in [-0.3, -0.25) is 4.79 Å². The maximum absolute atomic E-state index is 14.2. The van der Waals surface area contributed by atoms with E-state index in [1.54, 1.807) is 37.3 Å². The second-order valence-corrected chi connectivity index (χ2v) is 7.28. The Morgan fingerprint density at radius 3 is 2.34 bits per heavy atom. The number of benzene rings is 2. The maximum Gasteiger partial charge on any atom is 0.338 e. The molecule has 2 aromatic carbocycles. The topological polar surface area (TPSA) is 72.1 Å². The van der Waals surface area contributed by atoms with Crippen molar-refractivity contribution in [2.24, 2.45) is 5.10 Å². The van der Waals surface area contributed by atoms with Gasteiger partial charge >= 0.3 is 5.97 Å². The van der Waals surface area contributed by atoms with E-state index < -0.39 is 46.6 Å². The summed E-state index contributed by atoms with van der Waals surface area (Å²) >= 11 is 0. The molecular formula is C24H15F5N2O4. The predicted molar refractivity (Wildman–Crippen MR) is 115 cm³/mol. The third kappa shape index (κ3) is 4.20. The fraction of sp³-hybridized carbons (Fsp3) is 0.125. The summed E-state index contributed by atoms with van der Waals surface area (Å²) in [6, 6.07) is 9.47.